The Kier molecular flexibility index (Phi) is 7.04. The molecule has 3 aliphatic rings. The molecule has 1 saturated carbocycles. The summed E-state index contributed by atoms with van der Waals surface area (Å²) in [5.74, 6) is 1.16. The van der Waals surface area contributed by atoms with Gasteiger partial charge in [0.15, 0.2) is 23.0 Å². The van der Waals surface area contributed by atoms with Gasteiger partial charge in [0.25, 0.3) is 5.91 Å². The first kappa shape index (κ1) is 22.6. The molecule has 4 rings (SSSR count). The Hall–Kier alpha value is -2.54. The summed E-state index contributed by atoms with van der Waals surface area (Å²) in [6, 6.07) is 5.14. The molecule has 2 heterocycles. The fourth-order valence-electron chi connectivity index (χ4n) is 5.08. The zero-order chi connectivity index (χ0) is 22.7. The summed E-state index contributed by atoms with van der Waals surface area (Å²) >= 11 is 0. The number of hydrogen-bond acceptors (Lipinski definition) is 6. The fourth-order valence-corrected chi connectivity index (χ4v) is 5.08. The van der Waals surface area contributed by atoms with E-state index in [0.717, 1.165) is 31.2 Å². The van der Waals surface area contributed by atoms with Crippen LogP contribution >= 0.6 is 0 Å². The minimum absolute atomic E-state index is 0.0643. The smallest absolute Gasteiger partial charge is 0.290 e. The first-order valence-corrected chi connectivity index (χ1v) is 11.7. The molecule has 0 N–H and O–H groups in total. The van der Waals surface area contributed by atoms with Crippen LogP contribution in [0.15, 0.2) is 29.5 Å². The number of methoxy groups -OCH3 is 1. The number of benzene rings is 1. The summed E-state index contributed by atoms with van der Waals surface area (Å²) in [6.45, 7) is 6.06. The summed E-state index contributed by atoms with van der Waals surface area (Å²) in [5.41, 5.74) is 1.33. The summed E-state index contributed by atoms with van der Waals surface area (Å²) in [7, 11) is 1.59. The third-order valence-corrected chi connectivity index (χ3v) is 6.55. The molecule has 174 valence electrons. The minimum atomic E-state index is -0.487. The molecule has 1 aliphatic carbocycles. The predicted molar refractivity (Wildman–Crippen MR) is 119 cm³/mol. The van der Waals surface area contributed by atoms with Crippen LogP contribution in [0.2, 0.25) is 0 Å². The maximum atomic E-state index is 13.6. The summed E-state index contributed by atoms with van der Waals surface area (Å²) in [4.78, 5) is 28.8. The van der Waals surface area contributed by atoms with E-state index in [1.165, 1.54) is 0 Å². The molecule has 32 heavy (non-hydrogen) atoms. The van der Waals surface area contributed by atoms with Gasteiger partial charge in [-0.3, -0.25) is 9.59 Å². The van der Waals surface area contributed by atoms with Gasteiger partial charge in [-0.15, -0.1) is 0 Å². The van der Waals surface area contributed by atoms with E-state index >= 15 is 0 Å². The molecular formula is C25H33NO6. The number of ether oxygens (including phenoxy) is 4. The minimum Gasteiger partial charge on any atom is -0.493 e. The average Bonchev–Trinajstić information content (AvgIpc) is 3.09. The lowest BCUT2D eigenvalue weighted by atomic mass is 9.77. The van der Waals surface area contributed by atoms with E-state index < -0.39 is 6.04 Å². The van der Waals surface area contributed by atoms with E-state index in [1.54, 1.807) is 12.0 Å². The van der Waals surface area contributed by atoms with Gasteiger partial charge in [-0.2, -0.15) is 0 Å². The normalized spacial score (nSPS) is 24.8. The van der Waals surface area contributed by atoms with E-state index in [1.807, 2.05) is 32.0 Å². The topological polar surface area (TPSA) is 74.3 Å². The lowest BCUT2D eigenvalue weighted by molar-refractivity contribution is -0.135. The lowest BCUT2D eigenvalue weighted by Gasteiger charge is -2.35. The number of hydrogen-bond donors (Lipinski definition) is 0. The number of carbonyl (C=O) groups is 2. The Labute approximate surface area is 189 Å². The largest absolute Gasteiger partial charge is 0.493 e. The van der Waals surface area contributed by atoms with Crippen LogP contribution in [0.5, 0.6) is 11.5 Å². The van der Waals surface area contributed by atoms with Gasteiger partial charge in [0.2, 0.25) is 0 Å². The van der Waals surface area contributed by atoms with Crippen molar-refractivity contribution in [2.75, 3.05) is 33.5 Å². The third-order valence-electron chi connectivity index (χ3n) is 6.55. The highest BCUT2D eigenvalue weighted by molar-refractivity contribution is 6.11. The van der Waals surface area contributed by atoms with Gasteiger partial charge in [0, 0.05) is 19.8 Å². The molecule has 0 radical (unpaired) electrons. The highest BCUT2D eigenvalue weighted by Gasteiger charge is 2.51. The monoisotopic (exact) mass is 443 g/mol. The maximum absolute atomic E-state index is 13.6. The number of ketones is 1. The number of fused-ring (bicyclic) bond motifs is 1. The molecule has 1 amide bonds. The van der Waals surface area contributed by atoms with Crippen molar-refractivity contribution in [3.8, 4) is 11.5 Å². The van der Waals surface area contributed by atoms with Crippen molar-refractivity contribution in [1.82, 2.24) is 4.90 Å². The lowest BCUT2D eigenvalue weighted by Crippen LogP contribution is -2.39. The van der Waals surface area contributed by atoms with Crippen LogP contribution in [0, 0.1) is 5.92 Å². The average molecular weight is 444 g/mol. The highest BCUT2D eigenvalue weighted by atomic mass is 16.5. The second-order valence-electron chi connectivity index (χ2n) is 8.45. The quantitative estimate of drug-likeness (QED) is 0.540. The van der Waals surface area contributed by atoms with Gasteiger partial charge in [0.05, 0.1) is 31.2 Å². The van der Waals surface area contributed by atoms with Gasteiger partial charge >= 0.3 is 0 Å². The molecule has 7 heteroatoms. The van der Waals surface area contributed by atoms with Crippen molar-refractivity contribution >= 4 is 11.7 Å². The predicted octanol–water partition coefficient (Wildman–Crippen LogP) is 3.82. The van der Waals surface area contributed by atoms with E-state index in [0.29, 0.717) is 49.9 Å². The Bertz CT molecular complexity index is 894. The van der Waals surface area contributed by atoms with Crippen molar-refractivity contribution in [2.45, 2.75) is 58.1 Å². The molecule has 3 atom stereocenters. The van der Waals surface area contributed by atoms with Crippen LogP contribution in [0.1, 0.15) is 57.6 Å². The molecule has 1 aromatic carbocycles. The number of carbonyl (C=O) groups excluding carboxylic acids is 2. The molecule has 1 aromatic rings. The molecule has 0 saturated heterocycles. The summed E-state index contributed by atoms with van der Waals surface area (Å²) in [6.07, 6.45) is 4.20. The van der Waals surface area contributed by atoms with Crippen molar-refractivity contribution in [1.29, 1.82) is 0 Å². The van der Waals surface area contributed by atoms with E-state index in [2.05, 4.69) is 0 Å². The zero-order valence-corrected chi connectivity index (χ0v) is 19.2. The van der Waals surface area contributed by atoms with Crippen LogP contribution in [-0.2, 0) is 19.1 Å². The van der Waals surface area contributed by atoms with Crippen molar-refractivity contribution < 1.29 is 28.5 Å². The van der Waals surface area contributed by atoms with E-state index in [4.69, 9.17) is 18.9 Å². The van der Waals surface area contributed by atoms with Gasteiger partial charge < -0.3 is 23.8 Å². The number of amides is 1. The van der Waals surface area contributed by atoms with Crippen LogP contribution in [0.4, 0.5) is 0 Å². The third kappa shape index (κ3) is 4.10. The molecule has 0 spiro atoms. The molecular weight excluding hydrogens is 410 g/mol. The second-order valence-corrected chi connectivity index (χ2v) is 8.45. The summed E-state index contributed by atoms with van der Waals surface area (Å²) < 4.78 is 22.9. The standard InChI is InChI=1S/C25H33NO6/c1-4-30-14-8-13-26-22(16-11-12-19(31-5-2)20(15-16)29-3)21-23(27)17-9-6-7-10-18(17)32-24(21)25(26)28/h11-12,15,17-18,22H,4-10,13-14H2,1-3H3. The first-order chi connectivity index (χ1) is 15.6. The molecule has 3 unspecified atom stereocenters. The van der Waals surface area contributed by atoms with Gasteiger partial charge in [-0.05, 0) is 57.2 Å². The fraction of sp³-hybridized carbons (Fsp3) is 0.600. The summed E-state index contributed by atoms with van der Waals surface area (Å²) in [5, 5.41) is 0. The number of nitrogens with zero attached hydrogens (tertiary/aromatic N) is 1. The highest BCUT2D eigenvalue weighted by Crippen LogP contribution is 2.47. The van der Waals surface area contributed by atoms with Gasteiger partial charge in [-0.1, -0.05) is 12.5 Å². The van der Waals surface area contributed by atoms with Crippen LogP contribution in [-0.4, -0.2) is 56.2 Å². The molecule has 7 nitrogen and oxygen atoms in total. The van der Waals surface area contributed by atoms with Crippen LogP contribution < -0.4 is 9.47 Å². The maximum Gasteiger partial charge on any atom is 0.290 e. The first-order valence-electron chi connectivity index (χ1n) is 11.7. The Balaban J connectivity index is 1.72. The van der Waals surface area contributed by atoms with Crippen molar-refractivity contribution in [3.05, 3.63) is 35.1 Å². The number of rotatable bonds is 9. The van der Waals surface area contributed by atoms with E-state index in [9.17, 15) is 9.59 Å². The molecule has 1 fully saturated rings. The Morgan fingerprint density at radius 2 is 1.91 bits per heavy atom. The Morgan fingerprint density at radius 1 is 1.09 bits per heavy atom. The van der Waals surface area contributed by atoms with Gasteiger partial charge in [-0.25, -0.2) is 0 Å². The Morgan fingerprint density at radius 3 is 2.66 bits per heavy atom. The zero-order valence-electron chi connectivity index (χ0n) is 19.2. The second kappa shape index (κ2) is 9.94. The van der Waals surface area contributed by atoms with Crippen molar-refractivity contribution in [2.24, 2.45) is 5.92 Å². The van der Waals surface area contributed by atoms with E-state index in [-0.39, 0.29) is 29.5 Å². The SMILES string of the molecule is CCOCCCN1C(=O)C2=C(C(=O)C3CCCCC3O2)C1c1ccc(OCC)c(OC)c1. The van der Waals surface area contributed by atoms with Crippen LogP contribution in [0.25, 0.3) is 0 Å². The molecule has 2 aliphatic heterocycles. The molecule has 0 aromatic heterocycles. The van der Waals surface area contributed by atoms with Crippen LogP contribution in [0.3, 0.4) is 0 Å². The number of Topliss-reactive ketones (excluding diaryl/α,β-unsaturated/α-hetero) is 1. The van der Waals surface area contributed by atoms with Crippen molar-refractivity contribution in [3.63, 3.8) is 0 Å². The molecule has 0 bridgehead atoms. The van der Waals surface area contributed by atoms with Gasteiger partial charge in [0.1, 0.15) is 6.10 Å².